The van der Waals surface area contributed by atoms with Crippen LogP contribution >= 0.6 is 0 Å². The quantitative estimate of drug-likeness (QED) is 0.737. The molecule has 1 atom stereocenters. The van der Waals surface area contributed by atoms with Gasteiger partial charge in [-0.2, -0.15) is 0 Å². The number of carbonyl (C=O) groups is 1. The molecule has 0 unspecified atom stereocenters. The van der Waals surface area contributed by atoms with Crippen molar-refractivity contribution in [3.8, 4) is 0 Å². The van der Waals surface area contributed by atoms with Crippen molar-refractivity contribution >= 4 is 5.91 Å². The normalized spacial score (nSPS) is 15.7. The van der Waals surface area contributed by atoms with Gasteiger partial charge in [0, 0.05) is 13.0 Å². The average Bonchev–Trinajstić information content (AvgIpc) is 2.03. The lowest BCUT2D eigenvalue weighted by Crippen LogP contribution is -2.54. The first-order valence-electron chi connectivity index (χ1n) is 5.14. The number of rotatable bonds is 5. The highest BCUT2D eigenvalue weighted by Crippen LogP contribution is 2.17. The fourth-order valence-electron chi connectivity index (χ4n) is 1.07. The molecule has 1 N–H and O–H groups in total. The van der Waals surface area contributed by atoms with E-state index in [0.29, 0.717) is 12.5 Å². The Labute approximate surface area is 87.2 Å². The van der Waals surface area contributed by atoms with Crippen LogP contribution in [0.3, 0.4) is 0 Å². The van der Waals surface area contributed by atoms with E-state index in [1.807, 2.05) is 20.8 Å². The molecule has 0 rings (SSSR count). The van der Waals surface area contributed by atoms with Crippen molar-refractivity contribution in [3.63, 3.8) is 0 Å². The molecular weight excluding hydrogens is 178 g/mol. The third-order valence-corrected chi connectivity index (χ3v) is 2.65. The summed E-state index contributed by atoms with van der Waals surface area (Å²) in [5.41, 5.74) is -0.268. The van der Waals surface area contributed by atoms with Gasteiger partial charge in [0.05, 0.1) is 12.1 Å². The van der Waals surface area contributed by atoms with Crippen LogP contribution < -0.4 is 5.32 Å². The van der Waals surface area contributed by atoms with Crippen LogP contribution in [0.15, 0.2) is 0 Å². The summed E-state index contributed by atoms with van der Waals surface area (Å²) in [6.07, 6.45) is 0. The van der Waals surface area contributed by atoms with Gasteiger partial charge in [-0.15, -0.1) is 0 Å². The third-order valence-electron chi connectivity index (χ3n) is 2.65. The predicted molar refractivity (Wildman–Crippen MR) is 58.1 cm³/mol. The minimum Gasteiger partial charge on any atom is -0.382 e. The topological polar surface area (TPSA) is 38.3 Å². The van der Waals surface area contributed by atoms with Crippen molar-refractivity contribution in [2.24, 2.45) is 11.8 Å². The first kappa shape index (κ1) is 13.4. The largest absolute Gasteiger partial charge is 0.382 e. The van der Waals surface area contributed by atoms with Gasteiger partial charge in [0.15, 0.2) is 0 Å². The van der Waals surface area contributed by atoms with Crippen LogP contribution in [-0.4, -0.2) is 25.2 Å². The number of nitrogens with one attached hydrogen (secondary N) is 1. The summed E-state index contributed by atoms with van der Waals surface area (Å²) in [5, 5.41) is 3.03. The Bertz CT molecular complexity index is 190. The minimum atomic E-state index is -0.268. The molecule has 0 heterocycles. The summed E-state index contributed by atoms with van der Waals surface area (Å²) < 4.78 is 5.13. The summed E-state index contributed by atoms with van der Waals surface area (Å²) in [6, 6.07) is 0. The van der Waals surface area contributed by atoms with E-state index in [9.17, 15) is 4.79 Å². The molecule has 3 nitrogen and oxygen atoms in total. The molecule has 84 valence electrons. The highest BCUT2D eigenvalue weighted by molar-refractivity contribution is 5.78. The fourth-order valence-corrected chi connectivity index (χ4v) is 1.07. The Morgan fingerprint density at radius 2 is 1.86 bits per heavy atom. The van der Waals surface area contributed by atoms with Crippen molar-refractivity contribution in [2.75, 3.05) is 13.7 Å². The number of hydrogen-bond acceptors (Lipinski definition) is 2. The van der Waals surface area contributed by atoms with E-state index in [1.54, 1.807) is 7.11 Å². The van der Waals surface area contributed by atoms with Crippen LogP contribution in [0.25, 0.3) is 0 Å². The molecule has 0 aliphatic carbocycles. The van der Waals surface area contributed by atoms with E-state index < -0.39 is 0 Å². The lowest BCUT2D eigenvalue weighted by molar-refractivity contribution is -0.127. The molecule has 0 aromatic rings. The monoisotopic (exact) mass is 201 g/mol. The second-order valence-electron chi connectivity index (χ2n) is 4.65. The molecule has 14 heavy (non-hydrogen) atoms. The number of amides is 1. The van der Waals surface area contributed by atoms with Crippen molar-refractivity contribution in [1.82, 2.24) is 5.32 Å². The van der Waals surface area contributed by atoms with Gasteiger partial charge in [-0.25, -0.2) is 0 Å². The zero-order chi connectivity index (χ0) is 11.4. The molecule has 3 heteroatoms. The zero-order valence-corrected chi connectivity index (χ0v) is 10.2. The lowest BCUT2D eigenvalue weighted by atomic mass is 9.88. The number of carbonyl (C=O) groups excluding carboxylic acids is 1. The zero-order valence-electron chi connectivity index (χ0n) is 10.2. The smallest absolute Gasteiger partial charge is 0.223 e. The summed E-state index contributed by atoms with van der Waals surface area (Å²) in [6.45, 7) is 10.5. The summed E-state index contributed by atoms with van der Waals surface area (Å²) in [7, 11) is 1.65. The van der Waals surface area contributed by atoms with Crippen LogP contribution in [0.2, 0.25) is 0 Å². The van der Waals surface area contributed by atoms with Gasteiger partial charge in [0.2, 0.25) is 5.91 Å². The van der Waals surface area contributed by atoms with Gasteiger partial charge in [0.1, 0.15) is 0 Å². The van der Waals surface area contributed by atoms with Gasteiger partial charge < -0.3 is 10.1 Å². The highest BCUT2D eigenvalue weighted by Gasteiger charge is 2.30. The Kier molecular flexibility index (Phi) is 5.13. The molecule has 0 aliphatic rings. The molecule has 0 fully saturated rings. The molecule has 0 radical (unpaired) electrons. The molecule has 0 bridgehead atoms. The maximum atomic E-state index is 11.6. The SMILES string of the molecule is COC[C@@](C)(NC(=O)C(C)C)C(C)C. The number of ether oxygens (including phenoxy) is 1. The molecule has 0 spiro atoms. The number of hydrogen-bond donors (Lipinski definition) is 1. The van der Waals surface area contributed by atoms with E-state index in [2.05, 4.69) is 19.2 Å². The Morgan fingerprint density at radius 1 is 1.36 bits per heavy atom. The Hall–Kier alpha value is -0.570. The van der Waals surface area contributed by atoms with Gasteiger partial charge >= 0.3 is 0 Å². The van der Waals surface area contributed by atoms with Gasteiger partial charge in [0.25, 0.3) is 0 Å². The summed E-state index contributed by atoms with van der Waals surface area (Å²) in [5.74, 6) is 0.452. The highest BCUT2D eigenvalue weighted by atomic mass is 16.5. The molecule has 1 amide bonds. The van der Waals surface area contributed by atoms with Gasteiger partial charge in [-0.1, -0.05) is 27.7 Å². The van der Waals surface area contributed by atoms with Crippen molar-refractivity contribution in [1.29, 1.82) is 0 Å². The lowest BCUT2D eigenvalue weighted by Gasteiger charge is -2.34. The molecule has 0 saturated carbocycles. The van der Waals surface area contributed by atoms with E-state index >= 15 is 0 Å². The Morgan fingerprint density at radius 3 is 2.14 bits per heavy atom. The first-order chi connectivity index (χ1) is 6.33. The van der Waals surface area contributed by atoms with Crippen LogP contribution in [-0.2, 0) is 9.53 Å². The second-order valence-corrected chi connectivity index (χ2v) is 4.65. The van der Waals surface area contributed by atoms with Crippen molar-refractivity contribution in [3.05, 3.63) is 0 Å². The van der Waals surface area contributed by atoms with Crippen LogP contribution in [0.1, 0.15) is 34.6 Å². The number of methoxy groups -OCH3 is 1. The standard InChI is InChI=1S/C11H23NO2/c1-8(2)10(13)12-11(5,7-14-6)9(3)4/h8-9H,7H2,1-6H3,(H,12,13)/t11-/m1/s1. The fraction of sp³-hybridized carbons (Fsp3) is 0.909. The molecular formula is C11H23NO2. The maximum Gasteiger partial charge on any atom is 0.223 e. The van der Waals surface area contributed by atoms with E-state index in [4.69, 9.17) is 4.74 Å². The minimum absolute atomic E-state index is 0.0185. The first-order valence-corrected chi connectivity index (χ1v) is 5.14. The van der Waals surface area contributed by atoms with E-state index in [0.717, 1.165) is 0 Å². The molecule has 0 saturated heterocycles. The molecule has 0 aliphatic heterocycles. The van der Waals surface area contributed by atoms with Crippen molar-refractivity contribution in [2.45, 2.75) is 40.2 Å². The van der Waals surface area contributed by atoms with Gasteiger partial charge in [-0.05, 0) is 12.8 Å². The van der Waals surface area contributed by atoms with E-state index in [1.165, 1.54) is 0 Å². The molecule has 0 aromatic carbocycles. The predicted octanol–water partition coefficient (Wildman–Crippen LogP) is 1.82. The van der Waals surface area contributed by atoms with E-state index in [-0.39, 0.29) is 17.4 Å². The van der Waals surface area contributed by atoms with Crippen LogP contribution in [0, 0.1) is 11.8 Å². The van der Waals surface area contributed by atoms with Crippen LogP contribution in [0.4, 0.5) is 0 Å². The van der Waals surface area contributed by atoms with Crippen LogP contribution in [0.5, 0.6) is 0 Å². The molecule has 0 aromatic heterocycles. The summed E-state index contributed by atoms with van der Waals surface area (Å²) >= 11 is 0. The third kappa shape index (κ3) is 3.66. The maximum absolute atomic E-state index is 11.6. The second kappa shape index (κ2) is 5.35. The summed E-state index contributed by atoms with van der Waals surface area (Å²) in [4.78, 5) is 11.6. The van der Waals surface area contributed by atoms with Gasteiger partial charge in [-0.3, -0.25) is 4.79 Å². The van der Waals surface area contributed by atoms with Crippen molar-refractivity contribution < 1.29 is 9.53 Å². The average molecular weight is 201 g/mol. The Balaban J connectivity index is 4.44.